The van der Waals surface area contributed by atoms with Crippen molar-refractivity contribution in [3.63, 3.8) is 0 Å². The van der Waals surface area contributed by atoms with E-state index in [0.717, 1.165) is 12.4 Å². The highest BCUT2D eigenvalue weighted by atomic mass is 35.5. The van der Waals surface area contributed by atoms with Gasteiger partial charge in [0.1, 0.15) is 0 Å². The maximum Gasteiger partial charge on any atom is 0.253 e. The number of aryl methyl sites for hydroxylation is 1. The maximum atomic E-state index is 12.9. The molecule has 0 radical (unpaired) electrons. The normalized spacial score (nSPS) is 10.6. The molecule has 0 saturated heterocycles. The Morgan fingerprint density at radius 3 is 2.62 bits per heavy atom. The fourth-order valence-corrected chi connectivity index (χ4v) is 3.15. The summed E-state index contributed by atoms with van der Waals surface area (Å²) in [7, 11) is 0. The van der Waals surface area contributed by atoms with Gasteiger partial charge in [0.2, 0.25) is 0 Å². The Morgan fingerprint density at radius 2 is 1.96 bits per heavy atom. The van der Waals surface area contributed by atoms with E-state index in [1.807, 2.05) is 0 Å². The molecule has 1 aromatic carbocycles. The third kappa shape index (κ3) is 3.92. The van der Waals surface area contributed by atoms with Crippen molar-refractivity contribution in [3.05, 3.63) is 63.1 Å². The molecule has 9 heteroatoms. The molecule has 26 heavy (non-hydrogen) atoms. The zero-order valence-corrected chi connectivity index (χ0v) is 15.1. The van der Waals surface area contributed by atoms with Gasteiger partial charge in [-0.05, 0) is 25.1 Å². The first-order chi connectivity index (χ1) is 12.5. The molecule has 3 aromatic rings. The fourth-order valence-electron chi connectivity index (χ4n) is 2.21. The summed E-state index contributed by atoms with van der Waals surface area (Å²) in [4.78, 5) is 36.8. The molecule has 2 aromatic heterocycles. The van der Waals surface area contributed by atoms with Gasteiger partial charge in [-0.2, -0.15) is 0 Å². The Kier molecular flexibility index (Phi) is 5.34. The number of hydrogen-bond donors (Lipinski definition) is 1. The second-order valence-electron chi connectivity index (χ2n) is 5.29. The van der Waals surface area contributed by atoms with Gasteiger partial charge in [-0.1, -0.05) is 11.6 Å². The minimum absolute atomic E-state index is 0.171. The quantitative estimate of drug-likeness (QED) is 0.675. The molecule has 0 spiro atoms. The van der Waals surface area contributed by atoms with E-state index in [-0.39, 0.29) is 28.7 Å². The molecule has 0 aliphatic carbocycles. The van der Waals surface area contributed by atoms with Crippen molar-refractivity contribution in [2.45, 2.75) is 6.92 Å². The Hall–Kier alpha value is -2.71. The largest absolute Gasteiger partial charge is 0.344 e. The minimum atomic E-state index is -0.558. The lowest BCUT2D eigenvalue weighted by Crippen LogP contribution is -2.29. The van der Waals surface area contributed by atoms with Crippen molar-refractivity contribution in [2.24, 2.45) is 0 Å². The van der Waals surface area contributed by atoms with Gasteiger partial charge >= 0.3 is 0 Å². The molecule has 0 atom stereocenters. The van der Waals surface area contributed by atoms with Crippen molar-refractivity contribution in [1.82, 2.24) is 20.3 Å². The van der Waals surface area contributed by atoms with Crippen molar-refractivity contribution >= 4 is 34.6 Å². The summed E-state index contributed by atoms with van der Waals surface area (Å²) >= 11 is 7.31. The highest BCUT2D eigenvalue weighted by molar-refractivity contribution is 7.12. The summed E-state index contributed by atoms with van der Waals surface area (Å²) in [5, 5.41) is 2.77. The number of Topliss-reactive ketones (excluding diaryl/α,β-unsaturated/α-hetero) is 1. The molecule has 0 fully saturated rings. The van der Waals surface area contributed by atoms with Gasteiger partial charge in [0.15, 0.2) is 17.4 Å². The molecule has 0 saturated carbocycles. The number of nitrogens with one attached hydrogen (secondary N) is 1. The number of ketones is 1. The van der Waals surface area contributed by atoms with E-state index in [4.69, 9.17) is 11.6 Å². The van der Waals surface area contributed by atoms with E-state index in [2.05, 4.69) is 20.3 Å². The second-order valence-corrected chi connectivity index (χ2v) is 6.55. The average molecular weight is 391 g/mol. The summed E-state index contributed by atoms with van der Waals surface area (Å²) in [5.74, 6) is -1.03. The first-order valence-electron chi connectivity index (χ1n) is 7.44. The first kappa shape index (κ1) is 18.1. The lowest BCUT2D eigenvalue weighted by molar-refractivity contribution is 0.0905. The molecule has 3 rings (SSSR count). The van der Waals surface area contributed by atoms with Gasteiger partial charge in [-0.25, -0.2) is 19.3 Å². The van der Waals surface area contributed by atoms with Crippen molar-refractivity contribution in [1.29, 1.82) is 0 Å². The van der Waals surface area contributed by atoms with Gasteiger partial charge < -0.3 is 5.32 Å². The average Bonchev–Trinajstić information content (AvgIpc) is 3.06. The van der Waals surface area contributed by atoms with E-state index in [1.165, 1.54) is 23.5 Å². The number of benzene rings is 1. The highest BCUT2D eigenvalue weighted by Crippen LogP contribution is 2.23. The molecule has 6 nitrogen and oxygen atoms in total. The maximum absolute atomic E-state index is 12.9. The van der Waals surface area contributed by atoms with E-state index >= 15 is 0 Å². The lowest BCUT2D eigenvalue weighted by Gasteiger charge is -2.08. The van der Waals surface area contributed by atoms with Crippen LogP contribution in [-0.4, -0.2) is 33.2 Å². The lowest BCUT2D eigenvalue weighted by atomic mass is 10.1. The van der Waals surface area contributed by atoms with E-state index in [1.54, 1.807) is 18.5 Å². The van der Waals surface area contributed by atoms with E-state index < -0.39 is 11.7 Å². The van der Waals surface area contributed by atoms with Crippen LogP contribution in [0.4, 0.5) is 4.39 Å². The predicted molar refractivity (Wildman–Crippen MR) is 96.0 cm³/mol. The zero-order chi connectivity index (χ0) is 18.7. The van der Waals surface area contributed by atoms with Crippen molar-refractivity contribution in [2.75, 3.05) is 6.54 Å². The van der Waals surface area contributed by atoms with Crippen LogP contribution in [0.25, 0.3) is 11.4 Å². The number of halogens is 2. The van der Waals surface area contributed by atoms with Crippen LogP contribution in [-0.2, 0) is 0 Å². The van der Waals surface area contributed by atoms with E-state index in [0.29, 0.717) is 16.1 Å². The summed E-state index contributed by atoms with van der Waals surface area (Å²) < 4.78 is 12.9. The number of aromatic nitrogens is 3. The molecule has 0 bridgehead atoms. The monoisotopic (exact) mass is 390 g/mol. The minimum Gasteiger partial charge on any atom is -0.344 e. The molecule has 0 aliphatic heterocycles. The smallest absolute Gasteiger partial charge is 0.253 e. The molecule has 2 heterocycles. The van der Waals surface area contributed by atoms with Crippen LogP contribution < -0.4 is 5.32 Å². The molecule has 132 valence electrons. The van der Waals surface area contributed by atoms with Crippen LogP contribution in [0, 0.1) is 12.7 Å². The fraction of sp³-hybridized carbons (Fsp3) is 0.118. The Balaban J connectivity index is 1.76. The Labute approximate surface area is 157 Å². The Morgan fingerprint density at radius 1 is 1.23 bits per heavy atom. The highest BCUT2D eigenvalue weighted by Gasteiger charge is 2.16. The van der Waals surface area contributed by atoms with Crippen LogP contribution >= 0.6 is 22.9 Å². The standard InChI is InChI=1S/C17H12ClFN4O2S/c1-9-15(26-8-23-9)14(24)7-22-17(25)12-4-10(2-3-13(12)18)16-20-5-11(19)6-21-16/h2-6,8H,7H2,1H3,(H,22,25). The third-order valence-corrected chi connectivity index (χ3v) is 4.80. The molecule has 1 N–H and O–H groups in total. The summed E-state index contributed by atoms with van der Waals surface area (Å²) in [6.45, 7) is 1.56. The van der Waals surface area contributed by atoms with Crippen LogP contribution in [0.15, 0.2) is 36.1 Å². The van der Waals surface area contributed by atoms with Crippen LogP contribution in [0.1, 0.15) is 25.7 Å². The summed E-state index contributed by atoms with van der Waals surface area (Å²) in [6, 6.07) is 4.64. The number of nitrogens with zero attached hydrogens (tertiary/aromatic N) is 3. The number of rotatable bonds is 5. The van der Waals surface area contributed by atoms with E-state index in [9.17, 15) is 14.0 Å². The molecule has 1 amide bonds. The second kappa shape index (κ2) is 7.67. The van der Waals surface area contributed by atoms with Crippen molar-refractivity contribution < 1.29 is 14.0 Å². The van der Waals surface area contributed by atoms with Crippen LogP contribution in [0.5, 0.6) is 0 Å². The molecular formula is C17H12ClFN4O2S. The topological polar surface area (TPSA) is 84.8 Å². The van der Waals surface area contributed by atoms with Crippen LogP contribution in [0.3, 0.4) is 0 Å². The molecule has 0 aliphatic rings. The number of hydrogen-bond acceptors (Lipinski definition) is 6. The van der Waals surface area contributed by atoms with Gasteiger partial charge in [0, 0.05) is 5.56 Å². The third-order valence-electron chi connectivity index (χ3n) is 3.50. The van der Waals surface area contributed by atoms with Gasteiger partial charge in [-0.15, -0.1) is 11.3 Å². The zero-order valence-electron chi connectivity index (χ0n) is 13.5. The Bertz CT molecular complexity index is 975. The predicted octanol–water partition coefficient (Wildman–Crippen LogP) is 3.31. The van der Waals surface area contributed by atoms with Gasteiger partial charge in [-0.3, -0.25) is 9.59 Å². The van der Waals surface area contributed by atoms with Crippen LogP contribution in [0.2, 0.25) is 5.02 Å². The van der Waals surface area contributed by atoms with Gasteiger partial charge in [0.05, 0.1) is 45.6 Å². The summed E-state index contributed by atoms with van der Waals surface area (Å²) in [5.41, 5.74) is 2.88. The first-order valence-corrected chi connectivity index (χ1v) is 8.70. The SMILES string of the molecule is Cc1ncsc1C(=O)CNC(=O)c1cc(-c2ncc(F)cn2)ccc1Cl. The molecule has 0 unspecified atom stereocenters. The van der Waals surface area contributed by atoms with Crippen molar-refractivity contribution in [3.8, 4) is 11.4 Å². The molecular weight excluding hydrogens is 379 g/mol. The van der Waals surface area contributed by atoms with Gasteiger partial charge in [0.25, 0.3) is 5.91 Å². The number of carbonyl (C=O) groups is 2. The number of thiazole rings is 1. The number of amides is 1. The summed E-state index contributed by atoms with van der Waals surface area (Å²) in [6.07, 6.45) is 2.07. The number of carbonyl (C=O) groups excluding carboxylic acids is 2.